The number of ketones is 1. The zero-order valence-corrected chi connectivity index (χ0v) is 10.8. The van der Waals surface area contributed by atoms with E-state index in [1.807, 2.05) is 45.0 Å². The molecule has 17 heavy (non-hydrogen) atoms. The molecule has 0 radical (unpaired) electrons. The first-order valence-electron chi connectivity index (χ1n) is 5.99. The molecule has 0 heterocycles. The van der Waals surface area contributed by atoms with Gasteiger partial charge in [-0.2, -0.15) is 0 Å². The Bertz CT molecular complexity index is 368. The van der Waals surface area contributed by atoms with Crippen LogP contribution in [0.2, 0.25) is 0 Å². The molecule has 0 fully saturated rings. The van der Waals surface area contributed by atoms with Crippen molar-refractivity contribution in [2.75, 3.05) is 13.2 Å². The van der Waals surface area contributed by atoms with E-state index in [9.17, 15) is 4.79 Å². The minimum atomic E-state index is -0.401. The van der Waals surface area contributed by atoms with Gasteiger partial charge in [-0.3, -0.25) is 4.79 Å². The molecular formula is C14H21NO2. The third-order valence-corrected chi connectivity index (χ3v) is 2.81. The number of carbonyl (C=O) groups excluding carboxylic acids is 1. The maximum absolute atomic E-state index is 12.2. The van der Waals surface area contributed by atoms with Crippen LogP contribution in [0.25, 0.3) is 0 Å². The molecule has 2 N–H and O–H groups in total. The predicted molar refractivity (Wildman–Crippen MR) is 69.4 cm³/mol. The summed E-state index contributed by atoms with van der Waals surface area (Å²) in [5.41, 5.74) is 5.84. The zero-order chi connectivity index (χ0) is 12.9. The fourth-order valence-corrected chi connectivity index (χ4v) is 1.73. The number of rotatable bonds is 6. The van der Waals surface area contributed by atoms with Crippen LogP contribution in [0.15, 0.2) is 24.3 Å². The molecule has 0 aliphatic rings. The number of benzene rings is 1. The van der Waals surface area contributed by atoms with E-state index in [1.165, 1.54) is 0 Å². The molecule has 0 atom stereocenters. The number of hydrogen-bond acceptors (Lipinski definition) is 3. The van der Waals surface area contributed by atoms with E-state index in [4.69, 9.17) is 10.5 Å². The second kappa shape index (κ2) is 5.82. The van der Waals surface area contributed by atoms with Crippen LogP contribution in [0.1, 0.15) is 37.6 Å². The molecule has 0 aliphatic carbocycles. The lowest BCUT2D eigenvalue weighted by Gasteiger charge is -2.22. The summed E-state index contributed by atoms with van der Waals surface area (Å²) in [7, 11) is 0. The van der Waals surface area contributed by atoms with Gasteiger partial charge < -0.3 is 10.5 Å². The van der Waals surface area contributed by atoms with Crippen molar-refractivity contribution in [2.24, 2.45) is 11.1 Å². The first-order chi connectivity index (χ1) is 8.01. The lowest BCUT2D eigenvalue weighted by molar-refractivity contribution is 0.0829. The minimum Gasteiger partial charge on any atom is -0.494 e. The summed E-state index contributed by atoms with van der Waals surface area (Å²) in [5, 5.41) is 0. The maximum Gasteiger partial charge on any atom is 0.168 e. The third kappa shape index (κ3) is 3.56. The van der Waals surface area contributed by atoms with Gasteiger partial charge in [0.25, 0.3) is 0 Å². The molecule has 0 unspecified atom stereocenters. The Balaban J connectivity index is 2.82. The van der Waals surface area contributed by atoms with Crippen LogP contribution in [0.3, 0.4) is 0 Å². The smallest absolute Gasteiger partial charge is 0.168 e. The topological polar surface area (TPSA) is 52.3 Å². The average Bonchev–Trinajstić information content (AvgIpc) is 2.29. The lowest BCUT2D eigenvalue weighted by Crippen LogP contribution is -2.27. The van der Waals surface area contributed by atoms with Crippen molar-refractivity contribution in [3.63, 3.8) is 0 Å². The third-order valence-electron chi connectivity index (χ3n) is 2.81. The van der Waals surface area contributed by atoms with E-state index in [-0.39, 0.29) is 5.78 Å². The SMILES string of the molecule is CCOc1ccc(C(=O)C(C)(C)CCN)cc1. The van der Waals surface area contributed by atoms with Gasteiger partial charge in [0.1, 0.15) is 5.75 Å². The van der Waals surface area contributed by atoms with Crippen LogP contribution in [-0.2, 0) is 0 Å². The summed E-state index contributed by atoms with van der Waals surface area (Å²) >= 11 is 0. The first kappa shape index (κ1) is 13.7. The number of hydrogen-bond donors (Lipinski definition) is 1. The van der Waals surface area contributed by atoms with Crippen molar-refractivity contribution < 1.29 is 9.53 Å². The highest BCUT2D eigenvalue weighted by Crippen LogP contribution is 2.26. The summed E-state index contributed by atoms with van der Waals surface area (Å²) in [6.07, 6.45) is 0.693. The highest BCUT2D eigenvalue weighted by Gasteiger charge is 2.27. The van der Waals surface area contributed by atoms with E-state index in [0.29, 0.717) is 25.1 Å². The monoisotopic (exact) mass is 235 g/mol. The van der Waals surface area contributed by atoms with E-state index < -0.39 is 5.41 Å². The number of ether oxygens (including phenoxy) is 1. The molecule has 0 saturated heterocycles. The van der Waals surface area contributed by atoms with Crippen LogP contribution in [0.4, 0.5) is 0 Å². The van der Waals surface area contributed by atoms with Gasteiger partial charge in [-0.05, 0) is 44.2 Å². The van der Waals surface area contributed by atoms with Crippen LogP contribution in [0, 0.1) is 5.41 Å². The molecule has 1 aromatic rings. The molecule has 0 aromatic heterocycles. The van der Waals surface area contributed by atoms with Gasteiger partial charge in [-0.15, -0.1) is 0 Å². The zero-order valence-electron chi connectivity index (χ0n) is 10.8. The summed E-state index contributed by atoms with van der Waals surface area (Å²) in [6.45, 7) is 6.95. The Kier molecular flexibility index (Phi) is 4.70. The van der Waals surface area contributed by atoms with Crippen molar-refractivity contribution >= 4 is 5.78 Å². The molecule has 0 bridgehead atoms. The molecule has 1 rings (SSSR count). The number of Topliss-reactive ketones (excluding diaryl/α,β-unsaturated/α-hetero) is 1. The van der Waals surface area contributed by atoms with E-state index in [1.54, 1.807) is 0 Å². The fourth-order valence-electron chi connectivity index (χ4n) is 1.73. The second-order valence-corrected chi connectivity index (χ2v) is 4.71. The molecule has 94 valence electrons. The fraction of sp³-hybridized carbons (Fsp3) is 0.500. The normalized spacial score (nSPS) is 11.3. The highest BCUT2D eigenvalue weighted by atomic mass is 16.5. The molecule has 0 amide bonds. The standard InChI is InChI=1S/C14H21NO2/c1-4-17-12-7-5-11(6-8-12)13(16)14(2,3)9-10-15/h5-8H,4,9-10,15H2,1-3H3. The van der Waals surface area contributed by atoms with Crippen molar-refractivity contribution in [3.8, 4) is 5.75 Å². The number of carbonyl (C=O) groups is 1. The number of nitrogens with two attached hydrogens (primary N) is 1. The van der Waals surface area contributed by atoms with Crippen molar-refractivity contribution in [3.05, 3.63) is 29.8 Å². The Morgan fingerprint density at radius 1 is 1.29 bits per heavy atom. The Hall–Kier alpha value is -1.35. The Labute approximate surface area is 103 Å². The van der Waals surface area contributed by atoms with Gasteiger partial charge in [-0.25, -0.2) is 0 Å². The average molecular weight is 235 g/mol. The summed E-state index contributed by atoms with van der Waals surface area (Å²) < 4.78 is 5.34. The molecule has 3 nitrogen and oxygen atoms in total. The van der Waals surface area contributed by atoms with Gasteiger partial charge >= 0.3 is 0 Å². The van der Waals surface area contributed by atoms with E-state index >= 15 is 0 Å². The van der Waals surface area contributed by atoms with E-state index in [2.05, 4.69) is 0 Å². The van der Waals surface area contributed by atoms with Gasteiger partial charge in [-0.1, -0.05) is 13.8 Å². The molecule has 1 aromatic carbocycles. The van der Waals surface area contributed by atoms with Crippen LogP contribution >= 0.6 is 0 Å². The first-order valence-corrected chi connectivity index (χ1v) is 5.99. The molecule has 0 spiro atoms. The second-order valence-electron chi connectivity index (χ2n) is 4.71. The van der Waals surface area contributed by atoms with Crippen molar-refractivity contribution in [2.45, 2.75) is 27.2 Å². The van der Waals surface area contributed by atoms with Crippen LogP contribution in [-0.4, -0.2) is 18.9 Å². The van der Waals surface area contributed by atoms with Crippen LogP contribution < -0.4 is 10.5 Å². The lowest BCUT2D eigenvalue weighted by atomic mass is 9.81. The van der Waals surface area contributed by atoms with Gasteiger partial charge in [0.15, 0.2) is 5.78 Å². The molecule has 0 aliphatic heterocycles. The summed E-state index contributed by atoms with van der Waals surface area (Å²) in [4.78, 5) is 12.2. The molecule has 3 heteroatoms. The largest absolute Gasteiger partial charge is 0.494 e. The minimum absolute atomic E-state index is 0.131. The van der Waals surface area contributed by atoms with Crippen molar-refractivity contribution in [1.82, 2.24) is 0 Å². The van der Waals surface area contributed by atoms with Gasteiger partial charge in [0, 0.05) is 11.0 Å². The predicted octanol–water partition coefficient (Wildman–Crippen LogP) is 2.64. The van der Waals surface area contributed by atoms with Crippen molar-refractivity contribution in [1.29, 1.82) is 0 Å². The summed E-state index contributed by atoms with van der Waals surface area (Å²) in [5.74, 6) is 0.923. The van der Waals surface area contributed by atoms with Gasteiger partial charge in [0.2, 0.25) is 0 Å². The Morgan fingerprint density at radius 2 is 1.88 bits per heavy atom. The Morgan fingerprint density at radius 3 is 2.35 bits per heavy atom. The van der Waals surface area contributed by atoms with Gasteiger partial charge in [0.05, 0.1) is 6.61 Å². The van der Waals surface area contributed by atoms with E-state index in [0.717, 1.165) is 5.75 Å². The maximum atomic E-state index is 12.2. The molecular weight excluding hydrogens is 214 g/mol. The molecule has 0 saturated carbocycles. The quantitative estimate of drug-likeness (QED) is 0.771. The van der Waals surface area contributed by atoms with Crippen LogP contribution in [0.5, 0.6) is 5.75 Å². The highest BCUT2D eigenvalue weighted by molar-refractivity contribution is 6.00. The summed E-state index contributed by atoms with van der Waals surface area (Å²) in [6, 6.07) is 7.28.